The molecule has 2 N–H and O–H groups in total. The average Bonchev–Trinajstić information content (AvgIpc) is 3.05. The Morgan fingerprint density at radius 2 is 2.00 bits per heavy atom. The number of aromatic amines is 1. The van der Waals surface area contributed by atoms with Gasteiger partial charge in [-0.3, -0.25) is 10.00 Å². The number of H-pyrrole nitrogens is 1. The average molecular weight is 358 g/mol. The van der Waals surface area contributed by atoms with Crippen LogP contribution < -0.4 is 0 Å². The predicted molar refractivity (Wildman–Crippen MR) is 94.5 cm³/mol. The standard InChI is InChI=1S/C19H17ClFN3O/c20-16-10-13(21)6-7-14(16)19(25)24-9-8-15-17(11-24)22-23-18(15)12-4-2-1-3-5-12/h1-7,10,19,25H,8-9,11H2,(H,22,23). The van der Waals surface area contributed by atoms with E-state index >= 15 is 0 Å². The summed E-state index contributed by atoms with van der Waals surface area (Å²) in [5.74, 6) is -0.414. The quantitative estimate of drug-likeness (QED) is 0.747. The molecule has 0 radical (unpaired) electrons. The molecule has 1 atom stereocenters. The van der Waals surface area contributed by atoms with Crippen molar-refractivity contribution in [3.8, 4) is 11.3 Å². The van der Waals surface area contributed by atoms with Crippen molar-refractivity contribution in [2.24, 2.45) is 0 Å². The summed E-state index contributed by atoms with van der Waals surface area (Å²) < 4.78 is 13.2. The summed E-state index contributed by atoms with van der Waals surface area (Å²) in [5.41, 5.74) is 4.72. The summed E-state index contributed by atoms with van der Waals surface area (Å²) in [6.45, 7) is 1.20. The lowest BCUT2D eigenvalue weighted by Gasteiger charge is -2.31. The number of halogens is 2. The first-order chi connectivity index (χ1) is 12.1. The highest BCUT2D eigenvalue weighted by Gasteiger charge is 2.28. The van der Waals surface area contributed by atoms with Crippen molar-refractivity contribution < 1.29 is 9.50 Å². The van der Waals surface area contributed by atoms with Gasteiger partial charge < -0.3 is 5.11 Å². The molecular weight excluding hydrogens is 341 g/mol. The van der Waals surface area contributed by atoms with Crippen LogP contribution in [0.1, 0.15) is 23.0 Å². The molecule has 128 valence electrons. The van der Waals surface area contributed by atoms with Crippen LogP contribution in [0.3, 0.4) is 0 Å². The highest BCUT2D eigenvalue weighted by Crippen LogP contribution is 2.33. The molecule has 0 fully saturated rings. The Morgan fingerprint density at radius 1 is 1.20 bits per heavy atom. The largest absolute Gasteiger partial charge is 0.374 e. The van der Waals surface area contributed by atoms with Crippen LogP contribution in [-0.2, 0) is 13.0 Å². The summed E-state index contributed by atoms with van der Waals surface area (Å²) in [7, 11) is 0. The zero-order chi connectivity index (χ0) is 17.4. The van der Waals surface area contributed by atoms with Crippen molar-refractivity contribution in [1.29, 1.82) is 0 Å². The zero-order valence-electron chi connectivity index (χ0n) is 13.4. The maximum Gasteiger partial charge on any atom is 0.135 e. The smallest absolute Gasteiger partial charge is 0.135 e. The molecule has 1 aliphatic rings. The van der Waals surface area contributed by atoms with E-state index < -0.39 is 12.0 Å². The topological polar surface area (TPSA) is 52.1 Å². The number of hydrogen-bond donors (Lipinski definition) is 2. The molecule has 1 aliphatic heterocycles. The molecule has 0 bridgehead atoms. The van der Waals surface area contributed by atoms with Gasteiger partial charge in [-0.05, 0) is 18.6 Å². The van der Waals surface area contributed by atoms with Crippen molar-refractivity contribution in [3.05, 3.63) is 76.2 Å². The number of hydrogen-bond acceptors (Lipinski definition) is 3. The molecule has 1 aromatic heterocycles. The molecule has 1 unspecified atom stereocenters. The Bertz CT molecular complexity index is 897. The molecule has 0 saturated carbocycles. The van der Waals surface area contributed by atoms with E-state index in [-0.39, 0.29) is 5.02 Å². The van der Waals surface area contributed by atoms with E-state index in [1.165, 1.54) is 23.8 Å². The van der Waals surface area contributed by atoms with Gasteiger partial charge in [0, 0.05) is 29.8 Å². The summed E-state index contributed by atoms with van der Waals surface area (Å²) in [4.78, 5) is 1.90. The molecule has 2 aromatic carbocycles. The molecule has 6 heteroatoms. The van der Waals surface area contributed by atoms with Crippen LogP contribution in [-0.4, -0.2) is 26.7 Å². The number of benzene rings is 2. The maximum absolute atomic E-state index is 13.2. The van der Waals surface area contributed by atoms with Gasteiger partial charge in [-0.1, -0.05) is 48.0 Å². The van der Waals surface area contributed by atoms with E-state index in [1.54, 1.807) is 0 Å². The van der Waals surface area contributed by atoms with E-state index in [9.17, 15) is 9.50 Å². The van der Waals surface area contributed by atoms with Crippen molar-refractivity contribution in [2.45, 2.75) is 19.2 Å². The molecule has 0 aliphatic carbocycles. The van der Waals surface area contributed by atoms with Gasteiger partial charge in [-0.2, -0.15) is 5.10 Å². The second-order valence-electron chi connectivity index (χ2n) is 6.16. The first-order valence-corrected chi connectivity index (χ1v) is 8.50. The lowest BCUT2D eigenvalue weighted by atomic mass is 9.99. The van der Waals surface area contributed by atoms with Gasteiger partial charge >= 0.3 is 0 Å². The third kappa shape index (κ3) is 3.06. The van der Waals surface area contributed by atoms with Crippen LogP contribution >= 0.6 is 11.6 Å². The van der Waals surface area contributed by atoms with E-state index in [0.717, 1.165) is 23.4 Å². The number of aromatic nitrogens is 2. The molecule has 4 nitrogen and oxygen atoms in total. The Hall–Kier alpha value is -2.21. The fourth-order valence-electron chi connectivity index (χ4n) is 3.29. The normalized spacial score (nSPS) is 15.8. The zero-order valence-corrected chi connectivity index (χ0v) is 14.2. The van der Waals surface area contributed by atoms with Gasteiger partial charge in [0.05, 0.1) is 16.4 Å². The summed E-state index contributed by atoms with van der Waals surface area (Å²) in [6.07, 6.45) is -0.115. The van der Waals surface area contributed by atoms with Crippen molar-refractivity contribution >= 4 is 11.6 Å². The third-order valence-corrected chi connectivity index (χ3v) is 4.92. The monoisotopic (exact) mass is 357 g/mol. The highest BCUT2D eigenvalue weighted by molar-refractivity contribution is 6.31. The Kier molecular flexibility index (Phi) is 4.29. The molecule has 0 saturated heterocycles. The van der Waals surface area contributed by atoms with Crippen LogP contribution in [0.15, 0.2) is 48.5 Å². The van der Waals surface area contributed by atoms with Crippen molar-refractivity contribution in [2.75, 3.05) is 6.54 Å². The number of aliphatic hydroxyl groups excluding tert-OH is 1. The van der Waals surface area contributed by atoms with Crippen molar-refractivity contribution in [1.82, 2.24) is 15.1 Å². The lowest BCUT2D eigenvalue weighted by molar-refractivity contribution is -0.00848. The van der Waals surface area contributed by atoms with Crippen LogP contribution in [0, 0.1) is 5.82 Å². The lowest BCUT2D eigenvalue weighted by Crippen LogP contribution is -2.34. The second kappa shape index (κ2) is 6.59. The predicted octanol–water partition coefficient (Wildman–Crippen LogP) is 3.92. The van der Waals surface area contributed by atoms with E-state index in [0.29, 0.717) is 18.7 Å². The Labute approximate surface area is 149 Å². The second-order valence-corrected chi connectivity index (χ2v) is 6.56. The molecule has 2 heterocycles. The number of nitrogens with one attached hydrogen (secondary N) is 1. The summed E-state index contributed by atoms with van der Waals surface area (Å²) in [5, 5.41) is 18.4. The van der Waals surface area contributed by atoms with Crippen LogP contribution in [0.2, 0.25) is 5.02 Å². The minimum absolute atomic E-state index is 0.230. The fourth-order valence-corrected chi connectivity index (χ4v) is 3.55. The van der Waals surface area contributed by atoms with Crippen molar-refractivity contribution in [3.63, 3.8) is 0 Å². The van der Waals surface area contributed by atoms with Gasteiger partial charge in [0.1, 0.15) is 12.0 Å². The van der Waals surface area contributed by atoms with Gasteiger partial charge in [0.25, 0.3) is 0 Å². The third-order valence-electron chi connectivity index (χ3n) is 4.60. The molecule has 4 rings (SSSR count). The maximum atomic E-state index is 13.2. The van der Waals surface area contributed by atoms with E-state index in [2.05, 4.69) is 10.2 Å². The van der Waals surface area contributed by atoms with Gasteiger partial charge in [0.2, 0.25) is 0 Å². The minimum atomic E-state index is -0.885. The Morgan fingerprint density at radius 3 is 2.76 bits per heavy atom. The highest BCUT2D eigenvalue weighted by atomic mass is 35.5. The first-order valence-electron chi connectivity index (χ1n) is 8.12. The van der Waals surface area contributed by atoms with E-state index in [4.69, 9.17) is 11.6 Å². The number of fused-ring (bicyclic) bond motifs is 1. The van der Waals surface area contributed by atoms with Crippen LogP contribution in [0.4, 0.5) is 4.39 Å². The van der Waals surface area contributed by atoms with Gasteiger partial charge in [-0.25, -0.2) is 4.39 Å². The SMILES string of the molecule is OC(c1ccc(F)cc1Cl)N1CCc2c(-c3ccccc3)n[nH]c2C1. The molecule has 3 aromatic rings. The minimum Gasteiger partial charge on any atom is -0.374 e. The van der Waals surface area contributed by atoms with Crippen LogP contribution in [0.25, 0.3) is 11.3 Å². The molecule has 25 heavy (non-hydrogen) atoms. The number of nitrogens with zero attached hydrogens (tertiary/aromatic N) is 2. The molecule has 0 amide bonds. The molecular formula is C19H17ClFN3O. The fraction of sp³-hybridized carbons (Fsp3) is 0.211. The van der Waals surface area contributed by atoms with Crippen LogP contribution in [0.5, 0.6) is 0 Å². The first kappa shape index (κ1) is 16.3. The summed E-state index contributed by atoms with van der Waals surface area (Å²) >= 11 is 6.08. The summed E-state index contributed by atoms with van der Waals surface area (Å²) in [6, 6.07) is 14.1. The number of rotatable bonds is 3. The molecule has 0 spiro atoms. The number of aliphatic hydroxyl groups is 1. The van der Waals surface area contributed by atoms with Gasteiger partial charge in [0.15, 0.2) is 0 Å². The van der Waals surface area contributed by atoms with E-state index in [1.807, 2.05) is 35.2 Å². The van der Waals surface area contributed by atoms with Gasteiger partial charge in [-0.15, -0.1) is 0 Å². The Balaban J connectivity index is 1.58.